The van der Waals surface area contributed by atoms with E-state index in [0.29, 0.717) is 5.89 Å². The fraction of sp³-hybridized carbons (Fsp3) is 0.211. The summed E-state index contributed by atoms with van der Waals surface area (Å²) in [6.45, 7) is 3.54. The highest BCUT2D eigenvalue weighted by atomic mass is 32.2. The Balaban J connectivity index is 1.65. The molecule has 1 unspecified atom stereocenters. The van der Waals surface area contributed by atoms with E-state index in [0.717, 1.165) is 35.0 Å². The molecule has 0 spiro atoms. The zero-order chi connectivity index (χ0) is 20.3. The van der Waals surface area contributed by atoms with E-state index in [9.17, 15) is 18.0 Å². The van der Waals surface area contributed by atoms with Crippen LogP contribution in [0.3, 0.4) is 0 Å². The van der Waals surface area contributed by atoms with Crippen LogP contribution in [0.25, 0.3) is 11.5 Å². The zero-order valence-electron chi connectivity index (χ0n) is 14.9. The van der Waals surface area contributed by atoms with Gasteiger partial charge in [0.05, 0.1) is 10.8 Å². The normalized spacial score (nSPS) is 12.6. The van der Waals surface area contributed by atoms with Crippen molar-refractivity contribution in [2.75, 3.05) is 5.32 Å². The van der Waals surface area contributed by atoms with Gasteiger partial charge in [-0.3, -0.25) is 4.79 Å². The number of carbonyl (C=O) groups excluding carboxylic acids is 1. The molecule has 0 bridgehead atoms. The second-order valence-electron chi connectivity index (χ2n) is 6.07. The van der Waals surface area contributed by atoms with Crippen molar-refractivity contribution in [1.82, 2.24) is 10.2 Å². The number of nitrogens with one attached hydrogen (secondary N) is 1. The summed E-state index contributed by atoms with van der Waals surface area (Å²) in [6, 6.07) is 12.0. The summed E-state index contributed by atoms with van der Waals surface area (Å²) in [4.78, 5) is 12.3. The van der Waals surface area contributed by atoms with Crippen LogP contribution in [0.4, 0.5) is 18.9 Å². The Kier molecular flexibility index (Phi) is 5.73. The molecule has 0 aliphatic heterocycles. The number of aromatic nitrogens is 2. The number of amides is 1. The summed E-state index contributed by atoms with van der Waals surface area (Å²) >= 11 is 1.03. The summed E-state index contributed by atoms with van der Waals surface area (Å²) in [7, 11) is 0. The maximum Gasteiger partial charge on any atom is 0.416 e. The highest BCUT2D eigenvalue weighted by Gasteiger charge is 2.30. The van der Waals surface area contributed by atoms with Crippen LogP contribution < -0.4 is 5.32 Å². The van der Waals surface area contributed by atoms with E-state index >= 15 is 0 Å². The summed E-state index contributed by atoms with van der Waals surface area (Å²) in [5, 5.41) is 9.90. The molecule has 1 amide bonds. The number of aryl methyl sites for hydroxylation is 1. The molecule has 146 valence electrons. The average Bonchev–Trinajstić information content (AvgIpc) is 3.10. The van der Waals surface area contributed by atoms with Gasteiger partial charge in [0, 0.05) is 11.3 Å². The Morgan fingerprint density at radius 1 is 1.14 bits per heavy atom. The van der Waals surface area contributed by atoms with Crippen molar-refractivity contribution in [3.63, 3.8) is 0 Å². The molecule has 2 aromatic carbocycles. The van der Waals surface area contributed by atoms with E-state index in [1.54, 1.807) is 6.92 Å². The second-order valence-corrected chi connectivity index (χ2v) is 7.36. The van der Waals surface area contributed by atoms with Gasteiger partial charge in [0.1, 0.15) is 0 Å². The van der Waals surface area contributed by atoms with Gasteiger partial charge in [0.2, 0.25) is 11.8 Å². The van der Waals surface area contributed by atoms with E-state index in [-0.39, 0.29) is 10.9 Å². The van der Waals surface area contributed by atoms with Crippen molar-refractivity contribution in [3.8, 4) is 11.5 Å². The minimum atomic E-state index is -4.48. The number of alkyl halides is 3. The Bertz CT molecular complexity index is 988. The third-order valence-corrected chi connectivity index (χ3v) is 4.71. The Morgan fingerprint density at radius 3 is 2.61 bits per heavy atom. The Hall–Kier alpha value is -2.81. The molecule has 1 N–H and O–H groups in total. The first-order valence-electron chi connectivity index (χ1n) is 8.28. The Labute approximate surface area is 163 Å². The molecule has 1 aromatic heterocycles. The van der Waals surface area contributed by atoms with Gasteiger partial charge in [-0.2, -0.15) is 13.2 Å². The van der Waals surface area contributed by atoms with E-state index < -0.39 is 22.9 Å². The third-order valence-electron chi connectivity index (χ3n) is 3.78. The van der Waals surface area contributed by atoms with E-state index in [1.165, 1.54) is 12.1 Å². The molecule has 0 aliphatic carbocycles. The molecule has 3 rings (SSSR count). The van der Waals surface area contributed by atoms with Gasteiger partial charge in [-0.05, 0) is 44.2 Å². The SMILES string of the molecule is Cc1cccc(-c2nnc(SC(C)C(=O)Nc3cccc(C(F)(F)F)c3)o2)c1. The summed E-state index contributed by atoms with van der Waals surface area (Å²) in [6.07, 6.45) is -4.48. The molecule has 0 saturated carbocycles. The smallest absolute Gasteiger partial charge is 0.411 e. The van der Waals surface area contributed by atoms with Crippen LogP contribution in [-0.2, 0) is 11.0 Å². The molecular formula is C19H16F3N3O2S. The van der Waals surface area contributed by atoms with Gasteiger partial charge in [0.15, 0.2) is 0 Å². The number of nitrogens with zero attached hydrogens (tertiary/aromatic N) is 2. The molecule has 5 nitrogen and oxygen atoms in total. The zero-order valence-corrected chi connectivity index (χ0v) is 15.8. The molecule has 0 radical (unpaired) electrons. The van der Waals surface area contributed by atoms with Crippen LogP contribution in [-0.4, -0.2) is 21.4 Å². The summed E-state index contributed by atoms with van der Waals surface area (Å²) < 4.78 is 43.9. The van der Waals surface area contributed by atoms with Crippen molar-refractivity contribution >= 4 is 23.4 Å². The van der Waals surface area contributed by atoms with Crippen LogP contribution in [0.5, 0.6) is 0 Å². The van der Waals surface area contributed by atoms with Crippen molar-refractivity contribution in [1.29, 1.82) is 0 Å². The third kappa shape index (κ3) is 4.92. The van der Waals surface area contributed by atoms with Crippen molar-refractivity contribution in [3.05, 3.63) is 59.7 Å². The first kappa shape index (κ1) is 19.9. The highest BCUT2D eigenvalue weighted by Crippen LogP contribution is 2.31. The lowest BCUT2D eigenvalue weighted by Crippen LogP contribution is -2.22. The van der Waals surface area contributed by atoms with Gasteiger partial charge in [-0.25, -0.2) is 0 Å². The highest BCUT2D eigenvalue weighted by molar-refractivity contribution is 8.00. The lowest BCUT2D eigenvalue weighted by molar-refractivity contribution is -0.137. The van der Waals surface area contributed by atoms with Crippen molar-refractivity contribution in [2.24, 2.45) is 0 Å². The predicted octanol–water partition coefficient (Wildman–Crippen LogP) is 5.18. The van der Waals surface area contributed by atoms with E-state index in [1.807, 2.05) is 31.2 Å². The number of anilines is 1. The molecule has 0 saturated heterocycles. The van der Waals surface area contributed by atoms with Gasteiger partial charge >= 0.3 is 6.18 Å². The molecule has 1 heterocycles. The van der Waals surface area contributed by atoms with Gasteiger partial charge in [0.25, 0.3) is 5.22 Å². The standard InChI is InChI=1S/C19H16F3N3O2S/c1-11-5-3-6-13(9-11)17-24-25-18(27-17)28-12(2)16(26)23-15-8-4-7-14(10-15)19(20,21)22/h3-10,12H,1-2H3,(H,23,26). The topological polar surface area (TPSA) is 68.0 Å². The van der Waals surface area contributed by atoms with Crippen LogP contribution >= 0.6 is 11.8 Å². The second kappa shape index (κ2) is 8.05. The fourth-order valence-corrected chi connectivity index (χ4v) is 3.06. The van der Waals surface area contributed by atoms with Gasteiger partial charge in [-0.15, -0.1) is 10.2 Å². The molecule has 28 heavy (non-hydrogen) atoms. The molecule has 0 aliphatic rings. The molecule has 9 heteroatoms. The van der Waals surface area contributed by atoms with E-state index in [2.05, 4.69) is 15.5 Å². The van der Waals surface area contributed by atoms with Gasteiger partial charge in [-0.1, -0.05) is 35.5 Å². The monoisotopic (exact) mass is 407 g/mol. The number of thioether (sulfide) groups is 1. The summed E-state index contributed by atoms with van der Waals surface area (Å²) in [5.74, 6) is -0.142. The minimum absolute atomic E-state index is 0.0678. The number of rotatable bonds is 5. The first-order chi connectivity index (χ1) is 13.2. The van der Waals surface area contributed by atoms with Crippen LogP contribution in [0.2, 0.25) is 0 Å². The van der Waals surface area contributed by atoms with Crippen LogP contribution in [0.15, 0.2) is 58.2 Å². The van der Waals surface area contributed by atoms with Crippen LogP contribution in [0, 0.1) is 6.92 Å². The lowest BCUT2D eigenvalue weighted by Gasteiger charge is -2.12. The number of hydrogen-bond donors (Lipinski definition) is 1. The number of hydrogen-bond acceptors (Lipinski definition) is 5. The number of benzene rings is 2. The lowest BCUT2D eigenvalue weighted by atomic mass is 10.1. The average molecular weight is 407 g/mol. The predicted molar refractivity (Wildman–Crippen MR) is 99.9 cm³/mol. The first-order valence-corrected chi connectivity index (χ1v) is 9.15. The van der Waals surface area contributed by atoms with Crippen molar-refractivity contribution < 1.29 is 22.4 Å². The molecule has 3 aromatic rings. The molecule has 0 fully saturated rings. The maximum absolute atomic E-state index is 12.8. The Morgan fingerprint density at radius 2 is 1.89 bits per heavy atom. The minimum Gasteiger partial charge on any atom is -0.411 e. The summed E-state index contributed by atoms with van der Waals surface area (Å²) in [5.41, 5.74) is 1.04. The quantitative estimate of drug-likeness (QED) is 0.590. The van der Waals surface area contributed by atoms with Crippen molar-refractivity contribution in [2.45, 2.75) is 30.5 Å². The fourth-order valence-electron chi connectivity index (χ4n) is 2.37. The maximum atomic E-state index is 12.8. The number of carbonyl (C=O) groups is 1. The molecular weight excluding hydrogens is 391 g/mol. The van der Waals surface area contributed by atoms with Crippen LogP contribution in [0.1, 0.15) is 18.1 Å². The largest absolute Gasteiger partial charge is 0.416 e. The number of halogens is 3. The van der Waals surface area contributed by atoms with Gasteiger partial charge < -0.3 is 9.73 Å². The molecule has 1 atom stereocenters. The van der Waals surface area contributed by atoms with E-state index in [4.69, 9.17) is 4.42 Å².